The first kappa shape index (κ1) is 14.9. The van der Waals surface area contributed by atoms with Gasteiger partial charge in [-0.3, -0.25) is 4.74 Å². The maximum absolute atomic E-state index is 12.3. The Kier molecular flexibility index (Phi) is 3.75. The Labute approximate surface area is 81.6 Å². The van der Waals surface area contributed by atoms with Crippen LogP contribution >= 0.6 is 0 Å². The largest absolute Gasteiger partial charge is 0.477 e. The summed E-state index contributed by atoms with van der Waals surface area (Å²) < 4.78 is 97.4. The van der Waals surface area contributed by atoms with E-state index in [1.54, 1.807) is 0 Å². The molecule has 0 spiro atoms. The second kappa shape index (κ2) is 4.03. The van der Waals surface area contributed by atoms with Gasteiger partial charge in [0.05, 0.1) is 0 Å². The molecule has 0 aliphatic rings. The summed E-state index contributed by atoms with van der Waals surface area (Å²) in [6, 6.07) is 0. The number of ether oxygens (including phenoxy) is 1. The van der Waals surface area contributed by atoms with Crippen molar-refractivity contribution < 1.29 is 49.8 Å². The molecule has 0 saturated heterocycles. The predicted molar refractivity (Wildman–Crippen MR) is 29.6 cm³/mol. The summed E-state index contributed by atoms with van der Waals surface area (Å²) in [4.78, 5) is 9.59. The lowest BCUT2D eigenvalue weighted by molar-refractivity contribution is -0.425. The summed E-state index contributed by atoms with van der Waals surface area (Å²) in [5.41, 5.74) is 0. The molecule has 0 aliphatic carbocycles. The molecule has 0 aromatic heterocycles. The minimum Gasteiger partial charge on any atom is -0.477 e. The SMILES string of the molecule is O=C(O)C(F)(F)C(F)(F)C(F)(F)OC(F)F. The molecule has 11 heteroatoms. The van der Waals surface area contributed by atoms with Gasteiger partial charge in [-0.1, -0.05) is 0 Å². The molecule has 3 nitrogen and oxygen atoms in total. The Hall–Kier alpha value is -1.13. The van der Waals surface area contributed by atoms with Gasteiger partial charge in [-0.25, -0.2) is 4.79 Å². The van der Waals surface area contributed by atoms with Crippen LogP contribution in [0.15, 0.2) is 0 Å². The van der Waals surface area contributed by atoms with E-state index < -0.39 is 30.5 Å². The number of rotatable bonds is 5. The van der Waals surface area contributed by atoms with Crippen molar-refractivity contribution in [3.8, 4) is 0 Å². The minimum absolute atomic E-state index is 1.98. The van der Waals surface area contributed by atoms with Gasteiger partial charge in [0.15, 0.2) is 0 Å². The van der Waals surface area contributed by atoms with Gasteiger partial charge in [0.1, 0.15) is 0 Å². The van der Waals surface area contributed by atoms with Crippen LogP contribution in [-0.4, -0.2) is 35.6 Å². The van der Waals surface area contributed by atoms with E-state index in [9.17, 15) is 39.9 Å². The van der Waals surface area contributed by atoms with Crippen molar-refractivity contribution in [1.29, 1.82) is 0 Å². The van der Waals surface area contributed by atoms with Crippen LogP contribution in [0.3, 0.4) is 0 Å². The molecule has 16 heavy (non-hydrogen) atoms. The van der Waals surface area contributed by atoms with Gasteiger partial charge in [0.25, 0.3) is 0 Å². The average Bonchev–Trinajstić information content (AvgIpc) is 2.00. The number of aliphatic carboxylic acids is 1. The zero-order valence-electron chi connectivity index (χ0n) is 6.86. The van der Waals surface area contributed by atoms with Gasteiger partial charge < -0.3 is 5.11 Å². The molecule has 0 fully saturated rings. The van der Waals surface area contributed by atoms with Crippen LogP contribution in [-0.2, 0) is 9.53 Å². The third kappa shape index (κ3) is 2.33. The van der Waals surface area contributed by atoms with E-state index in [-0.39, 0.29) is 0 Å². The monoisotopic (exact) mass is 262 g/mol. The Morgan fingerprint density at radius 1 is 1.06 bits per heavy atom. The Morgan fingerprint density at radius 2 is 1.44 bits per heavy atom. The van der Waals surface area contributed by atoms with Crippen LogP contribution in [0, 0.1) is 0 Å². The highest BCUT2D eigenvalue weighted by Gasteiger charge is 2.77. The lowest BCUT2D eigenvalue weighted by Gasteiger charge is -2.29. The minimum atomic E-state index is -6.62. The zero-order valence-corrected chi connectivity index (χ0v) is 6.86. The summed E-state index contributed by atoms with van der Waals surface area (Å²) in [5.74, 6) is -16.5. The maximum atomic E-state index is 12.3. The highest BCUT2D eigenvalue weighted by molar-refractivity contribution is 5.76. The molecular formula is C5H2F8O3. The van der Waals surface area contributed by atoms with Crippen molar-refractivity contribution in [2.75, 3.05) is 0 Å². The van der Waals surface area contributed by atoms with Crippen molar-refractivity contribution in [2.45, 2.75) is 24.6 Å². The first-order chi connectivity index (χ1) is 6.86. The number of carbonyl (C=O) groups is 1. The fraction of sp³-hybridized carbons (Fsp3) is 0.800. The van der Waals surface area contributed by atoms with Crippen LogP contribution in [0.25, 0.3) is 0 Å². The molecule has 0 atom stereocenters. The van der Waals surface area contributed by atoms with E-state index in [0.29, 0.717) is 0 Å². The van der Waals surface area contributed by atoms with E-state index in [1.165, 1.54) is 0 Å². The molecule has 96 valence electrons. The molecule has 0 saturated carbocycles. The zero-order chi connectivity index (χ0) is 13.4. The third-order valence-electron chi connectivity index (χ3n) is 1.27. The maximum Gasteiger partial charge on any atom is 0.430 e. The number of hydrogen-bond acceptors (Lipinski definition) is 2. The van der Waals surface area contributed by atoms with E-state index in [4.69, 9.17) is 5.11 Å². The number of alkyl halides is 8. The van der Waals surface area contributed by atoms with Gasteiger partial charge >= 0.3 is 30.5 Å². The van der Waals surface area contributed by atoms with Gasteiger partial charge in [-0.2, -0.15) is 35.1 Å². The Morgan fingerprint density at radius 3 is 1.69 bits per heavy atom. The number of hydrogen-bond donors (Lipinski definition) is 1. The first-order valence-electron chi connectivity index (χ1n) is 3.19. The second-order valence-electron chi connectivity index (χ2n) is 2.35. The summed E-state index contributed by atoms with van der Waals surface area (Å²) in [6.45, 7) is -4.48. The lowest BCUT2D eigenvalue weighted by Crippen LogP contribution is -2.59. The molecule has 0 aromatic carbocycles. The van der Waals surface area contributed by atoms with Crippen molar-refractivity contribution >= 4 is 5.97 Å². The molecule has 0 aromatic rings. The van der Waals surface area contributed by atoms with Crippen LogP contribution < -0.4 is 0 Å². The Bertz CT molecular complexity index is 275. The van der Waals surface area contributed by atoms with Gasteiger partial charge in [0, 0.05) is 0 Å². The normalized spacial score (nSPS) is 14.3. The van der Waals surface area contributed by atoms with Crippen molar-refractivity contribution in [3.63, 3.8) is 0 Å². The molecule has 0 radical (unpaired) electrons. The quantitative estimate of drug-likeness (QED) is 0.772. The fourth-order valence-electron chi connectivity index (χ4n) is 0.503. The second-order valence-corrected chi connectivity index (χ2v) is 2.35. The Balaban J connectivity index is 5.25. The number of carboxylic acid groups (broad SMARTS) is 1. The van der Waals surface area contributed by atoms with Crippen LogP contribution in [0.5, 0.6) is 0 Å². The molecule has 0 amide bonds. The van der Waals surface area contributed by atoms with Crippen molar-refractivity contribution in [1.82, 2.24) is 0 Å². The van der Waals surface area contributed by atoms with Crippen molar-refractivity contribution in [2.24, 2.45) is 0 Å². The highest BCUT2D eigenvalue weighted by atomic mass is 19.4. The molecule has 0 unspecified atom stereocenters. The van der Waals surface area contributed by atoms with E-state index >= 15 is 0 Å². The van der Waals surface area contributed by atoms with Crippen LogP contribution in [0.2, 0.25) is 0 Å². The number of halogens is 8. The van der Waals surface area contributed by atoms with E-state index in [1.807, 2.05) is 4.74 Å². The fourth-order valence-corrected chi connectivity index (χ4v) is 0.503. The predicted octanol–water partition coefficient (Wildman–Crippen LogP) is 2.17. The molecular weight excluding hydrogens is 260 g/mol. The van der Waals surface area contributed by atoms with Crippen LogP contribution in [0.4, 0.5) is 35.1 Å². The smallest absolute Gasteiger partial charge is 0.430 e. The molecule has 1 N–H and O–H groups in total. The lowest BCUT2D eigenvalue weighted by atomic mass is 10.1. The summed E-state index contributed by atoms with van der Waals surface area (Å²) in [5, 5.41) is 7.57. The van der Waals surface area contributed by atoms with Gasteiger partial charge in [0.2, 0.25) is 0 Å². The van der Waals surface area contributed by atoms with Gasteiger partial charge in [-0.15, -0.1) is 0 Å². The van der Waals surface area contributed by atoms with Crippen LogP contribution in [0.1, 0.15) is 0 Å². The molecule has 0 heterocycles. The summed E-state index contributed by atoms with van der Waals surface area (Å²) >= 11 is 0. The first-order valence-corrected chi connectivity index (χ1v) is 3.19. The summed E-state index contributed by atoms with van der Waals surface area (Å²) in [6.07, 6.45) is -6.33. The highest BCUT2D eigenvalue weighted by Crippen LogP contribution is 2.47. The van der Waals surface area contributed by atoms with E-state index in [0.717, 1.165) is 0 Å². The average molecular weight is 262 g/mol. The number of carboxylic acids is 1. The molecule has 0 aliphatic heterocycles. The summed E-state index contributed by atoms with van der Waals surface area (Å²) in [7, 11) is 0. The third-order valence-corrected chi connectivity index (χ3v) is 1.27. The van der Waals surface area contributed by atoms with Crippen molar-refractivity contribution in [3.05, 3.63) is 0 Å². The topological polar surface area (TPSA) is 46.5 Å². The molecule has 0 rings (SSSR count). The molecule has 0 bridgehead atoms. The van der Waals surface area contributed by atoms with Gasteiger partial charge in [-0.05, 0) is 0 Å². The standard InChI is InChI=1S/C5H2F8O3/c6-2(7)16-5(12,13)4(10,11)3(8,9)1(14)15/h2H,(H,14,15). The van der Waals surface area contributed by atoms with E-state index in [2.05, 4.69) is 0 Å².